The second-order valence-electron chi connectivity index (χ2n) is 9.86. The number of rotatable bonds is 18. The first-order valence-electron chi connectivity index (χ1n) is 12.6. The number of hydrogen-bond acceptors (Lipinski definition) is 1. The molecule has 2 N–H and O–H groups in total. The van der Waals surface area contributed by atoms with Crippen LogP contribution in [0.2, 0.25) is 10.0 Å². The molecular formula is C27H48Cl3N. The van der Waals surface area contributed by atoms with Crippen LogP contribution in [0.5, 0.6) is 0 Å². The van der Waals surface area contributed by atoms with Crippen molar-refractivity contribution in [3.63, 3.8) is 0 Å². The van der Waals surface area contributed by atoms with Gasteiger partial charge in [0.1, 0.15) is 0 Å². The van der Waals surface area contributed by atoms with Crippen molar-refractivity contribution in [1.29, 1.82) is 0 Å². The minimum atomic E-state index is -0.178. The quantitative estimate of drug-likeness (QED) is 0.203. The number of hydrogen-bond donors (Lipinski definition) is 1. The van der Waals surface area contributed by atoms with Gasteiger partial charge in [-0.1, -0.05) is 126 Å². The summed E-state index contributed by atoms with van der Waals surface area (Å²) < 4.78 is 0. The number of nitrogens with two attached hydrogens (primary N) is 1. The molecule has 1 aromatic rings. The molecule has 0 saturated heterocycles. The monoisotopic (exact) mass is 491 g/mol. The lowest BCUT2D eigenvalue weighted by molar-refractivity contribution is 0.290. The van der Waals surface area contributed by atoms with E-state index in [-0.39, 0.29) is 17.9 Å². The molecule has 1 unspecified atom stereocenters. The summed E-state index contributed by atoms with van der Waals surface area (Å²) >= 11 is 12.2. The standard InChI is InChI=1S/C27H47Cl2N.ClH/c1-4-5-6-7-8-9-10-11-12-13-14-15-16-17-18-24(27(2,3)30)21-23-19-20-25(28)26(29)22-23;/h19-20,22,24H,4-18,21,30H2,1-3H3;1H. The molecule has 0 amide bonds. The average molecular weight is 493 g/mol. The van der Waals surface area contributed by atoms with E-state index in [1.807, 2.05) is 12.1 Å². The van der Waals surface area contributed by atoms with Crippen LogP contribution in [0.25, 0.3) is 0 Å². The molecule has 0 aliphatic rings. The van der Waals surface area contributed by atoms with Crippen LogP contribution in [-0.2, 0) is 6.42 Å². The Balaban J connectivity index is 0.00000900. The lowest BCUT2D eigenvalue weighted by Gasteiger charge is -2.31. The molecule has 1 rings (SSSR count). The number of halogens is 3. The van der Waals surface area contributed by atoms with Crippen LogP contribution in [-0.4, -0.2) is 5.54 Å². The number of unbranched alkanes of at least 4 members (excludes halogenated alkanes) is 13. The maximum absolute atomic E-state index is 6.49. The van der Waals surface area contributed by atoms with E-state index in [0.29, 0.717) is 16.0 Å². The fourth-order valence-electron chi connectivity index (χ4n) is 4.27. The Bertz CT molecular complexity index is 554. The maximum atomic E-state index is 6.49. The molecule has 0 fully saturated rings. The first-order valence-corrected chi connectivity index (χ1v) is 13.3. The predicted molar refractivity (Wildman–Crippen MR) is 144 cm³/mol. The average Bonchev–Trinajstić information content (AvgIpc) is 2.69. The molecule has 4 heteroatoms. The first-order chi connectivity index (χ1) is 14.3. The van der Waals surface area contributed by atoms with Gasteiger partial charge in [0.15, 0.2) is 0 Å². The minimum Gasteiger partial charge on any atom is -0.325 e. The van der Waals surface area contributed by atoms with Gasteiger partial charge in [-0.3, -0.25) is 0 Å². The highest BCUT2D eigenvalue weighted by Gasteiger charge is 2.25. The van der Waals surface area contributed by atoms with Crippen molar-refractivity contribution in [2.45, 2.75) is 129 Å². The summed E-state index contributed by atoms with van der Waals surface area (Å²) in [5, 5.41) is 1.26. The second kappa shape index (κ2) is 18.5. The van der Waals surface area contributed by atoms with Gasteiger partial charge in [0.25, 0.3) is 0 Å². The van der Waals surface area contributed by atoms with Gasteiger partial charge in [-0.2, -0.15) is 0 Å². The zero-order valence-corrected chi connectivity index (χ0v) is 22.7. The van der Waals surface area contributed by atoms with Crippen molar-refractivity contribution >= 4 is 35.6 Å². The lowest BCUT2D eigenvalue weighted by Crippen LogP contribution is -2.42. The van der Waals surface area contributed by atoms with Gasteiger partial charge < -0.3 is 5.73 Å². The van der Waals surface area contributed by atoms with Crippen LogP contribution in [0.15, 0.2) is 18.2 Å². The third kappa shape index (κ3) is 15.5. The van der Waals surface area contributed by atoms with E-state index in [4.69, 9.17) is 28.9 Å². The summed E-state index contributed by atoms with van der Waals surface area (Å²) in [6.07, 6.45) is 21.7. The van der Waals surface area contributed by atoms with Crippen LogP contribution in [0.4, 0.5) is 0 Å². The van der Waals surface area contributed by atoms with Crippen molar-refractivity contribution < 1.29 is 0 Å². The Hall–Kier alpha value is 0.0500. The fraction of sp³-hybridized carbons (Fsp3) is 0.778. The largest absolute Gasteiger partial charge is 0.325 e. The Labute approximate surface area is 209 Å². The van der Waals surface area contributed by atoms with E-state index in [2.05, 4.69) is 26.8 Å². The molecule has 31 heavy (non-hydrogen) atoms. The number of benzene rings is 1. The zero-order chi connectivity index (χ0) is 22.2. The van der Waals surface area contributed by atoms with Crippen LogP contribution in [0.1, 0.15) is 123 Å². The Morgan fingerprint density at radius 3 is 1.61 bits per heavy atom. The van der Waals surface area contributed by atoms with E-state index in [9.17, 15) is 0 Å². The van der Waals surface area contributed by atoms with Crippen molar-refractivity contribution in [3.05, 3.63) is 33.8 Å². The molecule has 0 spiro atoms. The third-order valence-corrected chi connectivity index (χ3v) is 7.16. The van der Waals surface area contributed by atoms with Gasteiger partial charge in [-0.05, 0) is 50.3 Å². The predicted octanol–water partition coefficient (Wildman–Crippen LogP) is 10.2. The lowest BCUT2D eigenvalue weighted by atomic mass is 9.80. The Morgan fingerprint density at radius 2 is 1.19 bits per heavy atom. The molecule has 1 atom stereocenters. The summed E-state index contributed by atoms with van der Waals surface area (Å²) in [6.45, 7) is 6.59. The molecule has 0 saturated carbocycles. The first kappa shape index (κ1) is 31.0. The Morgan fingerprint density at radius 1 is 0.742 bits per heavy atom. The van der Waals surface area contributed by atoms with Crippen molar-refractivity contribution in [2.75, 3.05) is 0 Å². The van der Waals surface area contributed by atoms with Crippen LogP contribution in [0.3, 0.4) is 0 Å². The molecule has 0 heterocycles. The zero-order valence-electron chi connectivity index (χ0n) is 20.4. The molecule has 182 valence electrons. The fourth-order valence-corrected chi connectivity index (χ4v) is 4.59. The van der Waals surface area contributed by atoms with E-state index < -0.39 is 0 Å². The van der Waals surface area contributed by atoms with Gasteiger partial charge >= 0.3 is 0 Å². The van der Waals surface area contributed by atoms with Crippen molar-refractivity contribution in [3.8, 4) is 0 Å². The molecular weight excluding hydrogens is 445 g/mol. The van der Waals surface area contributed by atoms with Crippen molar-refractivity contribution in [2.24, 2.45) is 11.7 Å². The topological polar surface area (TPSA) is 26.0 Å². The highest BCUT2D eigenvalue weighted by molar-refractivity contribution is 6.42. The van der Waals surface area contributed by atoms with Crippen LogP contribution >= 0.6 is 35.6 Å². The third-order valence-electron chi connectivity index (χ3n) is 6.42. The maximum Gasteiger partial charge on any atom is 0.0595 e. The summed E-state index contributed by atoms with van der Waals surface area (Å²) in [5.41, 5.74) is 7.55. The molecule has 0 aliphatic carbocycles. The molecule has 0 aliphatic heterocycles. The smallest absolute Gasteiger partial charge is 0.0595 e. The summed E-state index contributed by atoms with van der Waals surface area (Å²) in [7, 11) is 0. The Kier molecular flexibility index (Phi) is 18.5. The normalized spacial score (nSPS) is 12.6. The SMILES string of the molecule is CCCCCCCCCCCCCCCCC(Cc1ccc(Cl)c(Cl)c1)C(C)(C)N.Cl. The van der Waals surface area contributed by atoms with Gasteiger partial charge in [-0.15, -0.1) is 12.4 Å². The van der Waals surface area contributed by atoms with Crippen LogP contribution < -0.4 is 5.73 Å². The highest BCUT2D eigenvalue weighted by Crippen LogP contribution is 2.29. The van der Waals surface area contributed by atoms with E-state index >= 15 is 0 Å². The van der Waals surface area contributed by atoms with E-state index in [1.165, 1.54) is 102 Å². The molecule has 0 aromatic heterocycles. The summed E-state index contributed by atoms with van der Waals surface area (Å²) in [4.78, 5) is 0. The van der Waals surface area contributed by atoms with E-state index in [0.717, 1.165) is 6.42 Å². The van der Waals surface area contributed by atoms with Gasteiger partial charge in [0, 0.05) is 5.54 Å². The van der Waals surface area contributed by atoms with Gasteiger partial charge in [-0.25, -0.2) is 0 Å². The molecule has 0 radical (unpaired) electrons. The minimum absolute atomic E-state index is 0. The van der Waals surface area contributed by atoms with Crippen LogP contribution in [0, 0.1) is 5.92 Å². The highest BCUT2D eigenvalue weighted by atomic mass is 35.5. The van der Waals surface area contributed by atoms with Gasteiger partial charge in [0.2, 0.25) is 0 Å². The van der Waals surface area contributed by atoms with E-state index in [1.54, 1.807) is 0 Å². The van der Waals surface area contributed by atoms with Crippen molar-refractivity contribution in [1.82, 2.24) is 0 Å². The van der Waals surface area contributed by atoms with Gasteiger partial charge in [0.05, 0.1) is 10.0 Å². The summed E-state index contributed by atoms with van der Waals surface area (Å²) in [6, 6.07) is 5.97. The molecule has 0 bridgehead atoms. The molecule has 1 nitrogen and oxygen atoms in total. The molecule has 1 aromatic carbocycles. The summed E-state index contributed by atoms with van der Waals surface area (Å²) in [5.74, 6) is 0.465. The second-order valence-corrected chi connectivity index (χ2v) is 10.7.